The minimum Gasteiger partial charge on any atom is -0.474 e. The first-order chi connectivity index (χ1) is 8.76. The summed E-state index contributed by atoms with van der Waals surface area (Å²) in [5.41, 5.74) is 3.56. The van der Waals surface area contributed by atoms with Crippen molar-refractivity contribution in [2.24, 2.45) is 11.8 Å². The molecule has 0 bridgehead atoms. The summed E-state index contributed by atoms with van der Waals surface area (Å²) in [6, 6.07) is 0. The Labute approximate surface area is 108 Å². The third-order valence-corrected chi connectivity index (χ3v) is 3.69. The second-order valence-corrected chi connectivity index (χ2v) is 4.92. The lowest BCUT2D eigenvalue weighted by Crippen LogP contribution is -2.29. The van der Waals surface area contributed by atoms with Gasteiger partial charge in [-0.2, -0.15) is 0 Å². The van der Waals surface area contributed by atoms with Crippen molar-refractivity contribution in [3.05, 3.63) is 11.9 Å². The van der Waals surface area contributed by atoms with Gasteiger partial charge in [0.05, 0.1) is 5.56 Å². The van der Waals surface area contributed by atoms with Crippen molar-refractivity contribution in [2.75, 3.05) is 5.43 Å². The van der Waals surface area contributed by atoms with E-state index in [1.807, 2.05) is 0 Å². The van der Waals surface area contributed by atoms with Gasteiger partial charge in [0.2, 0.25) is 5.88 Å². The highest BCUT2D eigenvalue weighted by Crippen LogP contribution is 2.30. The van der Waals surface area contributed by atoms with Crippen LogP contribution in [0.4, 0.5) is 5.82 Å². The third-order valence-electron chi connectivity index (χ3n) is 3.69. The zero-order valence-electron chi connectivity index (χ0n) is 11.1. The number of rotatable bonds is 4. The number of hydrazine groups is 1. The average Bonchev–Trinajstić information content (AvgIpc) is 2.41. The largest absolute Gasteiger partial charge is 0.474 e. The molecule has 0 saturated heterocycles. The molecule has 2 atom stereocenters. The van der Waals surface area contributed by atoms with E-state index in [4.69, 9.17) is 10.6 Å². The molecule has 0 amide bonds. The number of ether oxygens (including phenoxy) is 1. The summed E-state index contributed by atoms with van der Waals surface area (Å²) >= 11 is 0. The van der Waals surface area contributed by atoms with Gasteiger partial charge in [-0.1, -0.05) is 20.3 Å². The molecule has 2 unspecified atom stereocenters. The Hall–Kier alpha value is -1.36. The van der Waals surface area contributed by atoms with Gasteiger partial charge < -0.3 is 10.2 Å². The van der Waals surface area contributed by atoms with Crippen molar-refractivity contribution < 1.29 is 4.74 Å². The molecule has 1 fully saturated rings. The average molecular weight is 250 g/mol. The molecule has 0 aromatic carbocycles. The number of hydrogen-bond donors (Lipinski definition) is 2. The fourth-order valence-corrected chi connectivity index (χ4v) is 2.54. The first-order valence-electron chi connectivity index (χ1n) is 6.73. The summed E-state index contributed by atoms with van der Waals surface area (Å²) in [5, 5.41) is 0. The Morgan fingerprint density at radius 2 is 2.17 bits per heavy atom. The molecule has 3 N–H and O–H groups in total. The summed E-state index contributed by atoms with van der Waals surface area (Å²) in [4.78, 5) is 8.37. The number of hydrogen-bond acceptors (Lipinski definition) is 5. The number of nitrogens with zero attached hydrogens (tertiary/aromatic N) is 2. The van der Waals surface area contributed by atoms with Crippen LogP contribution in [0.2, 0.25) is 0 Å². The monoisotopic (exact) mass is 250 g/mol. The predicted octanol–water partition coefficient (Wildman–Crippen LogP) is 2.28. The molecule has 1 saturated carbocycles. The molecular formula is C13H22N4O. The van der Waals surface area contributed by atoms with Crippen LogP contribution in [0.15, 0.2) is 6.33 Å². The molecule has 0 radical (unpaired) electrons. The lowest BCUT2D eigenvalue weighted by Gasteiger charge is -2.29. The van der Waals surface area contributed by atoms with Crippen molar-refractivity contribution in [1.29, 1.82) is 0 Å². The fraction of sp³-hybridized carbons (Fsp3) is 0.692. The molecule has 5 nitrogen and oxygen atoms in total. The van der Waals surface area contributed by atoms with Crippen molar-refractivity contribution in [1.82, 2.24) is 9.97 Å². The number of nitrogens with one attached hydrogen (secondary N) is 1. The maximum Gasteiger partial charge on any atom is 0.222 e. The van der Waals surface area contributed by atoms with Crippen molar-refractivity contribution in [2.45, 2.75) is 52.1 Å². The maximum atomic E-state index is 6.09. The van der Waals surface area contributed by atoms with Crippen LogP contribution < -0.4 is 16.0 Å². The highest BCUT2D eigenvalue weighted by Gasteiger charge is 2.24. The van der Waals surface area contributed by atoms with Crippen molar-refractivity contribution in [3.8, 4) is 5.88 Å². The SMILES string of the molecule is CCc1c(NN)ncnc1OC1CCCCC1C. The molecule has 1 aromatic heterocycles. The van der Waals surface area contributed by atoms with Gasteiger partial charge in [0.15, 0.2) is 0 Å². The van der Waals surface area contributed by atoms with E-state index in [-0.39, 0.29) is 6.10 Å². The van der Waals surface area contributed by atoms with Crippen LogP contribution in [0.3, 0.4) is 0 Å². The van der Waals surface area contributed by atoms with Gasteiger partial charge in [0.25, 0.3) is 0 Å². The Morgan fingerprint density at radius 3 is 2.83 bits per heavy atom. The number of nitrogens with two attached hydrogens (primary N) is 1. The van der Waals surface area contributed by atoms with Gasteiger partial charge in [0, 0.05) is 0 Å². The Bertz CT molecular complexity index is 397. The minimum atomic E-state index is 0.268. The van der Waals surface area contributed by atoms with Crippen LogP contribution in [0.1, 0.15) is 45.1 Å². The van der Waals surface area contributed by atoms with Gasteiger partial charge in [-0.3, -0.25) is 0 Å². The molecule has 1 aliphatic rings. The topological polar surface area (TPSA) is 73.1 Å². The van der Waals surface area contributed by atoms with E-state index in [1.54, 1.807) is 0 Å². The second-order valence-electron chi connectivity index (χ2n) is 4.92. The maximum absolute atomic E-state index is 6.09. The van der Waals surface area contributed by atoms with E-state index in [0.717, 1.165) is 18.4 Å². The van der Waals surface area contributed by atoms with Crippen LogP contribution in [0.5, 0.6) is 5.88 Å². The zero-order valence-corrected chi connectivity index (χ0v) is 11.1. The zero-order chi connectivity index (χ0) is 13.0. The first-order valence-corrected chi connectivity index (χ1v) is 6.73. The van der Waals surface area contributed by atoms with E-state index in [0.29, 0.717) is 17.6 Å². The Morgan fingerprint density at radius 1 is 1.39 bits per heavy atom. The Balaban J connectivity index is 2.17. The standard InChI is InChI=1S/C13H22N4O/c1-3-10-12(17-14)15-8-16-13(10)18-11-7-5-4-6-9(11)2/h8-9,11H,3-7,14H2,1-2H3,(H,15,16,17). The summed E-state index contributed by atoms with van der Waals surface area (Å²) in [6.07, 6.45) is 7.46. The summed E-state index contributed by atoms with van der Waals surface area (Å²) < 4.78 is 6.09. The molecule has 0 aliphatic heterocycles. The van der Waals surface area contributed by atoms with E-state index in [1.165, 1.54) is 25.6 Å². The number of nitrogen functional groups attached to an aromatic ring is 1. The smallest absolute Gasteiger partial charge is 0.222 e. The van der Waals surface area contributed by atoms with Gasteiger partial charge >= 0.3 is 0 Å². The molecule has 1 aromatic rings. The molecule has 18 heavy (non-hydrogen) atoms. The van der Waals surface area contributed by atoms with Crippen molar-refractivity contribution in [3.63, 3.8) is 0 Å². The Kier molecular flexibility index (Phi) is 4.36. The van der Waals surface area contributed by atoms with E-state index in [2.05, 4.69) is 29.2 Å². The molecular weight excluding hydrogens is 228 g/mol. The van der Waals surface area contributed by atoms with Crippen LogP contribution in [-0.4, -0.2) is 16.1 Å². The lowest BCUT2D eigenvalue weighted by molar-refractivity contribution is 0.0964. The predicted molar refractivity (Wildman–Crippen MR) is 71.3 cm³/mol. The minimum absolute atomic E-state index is 0.268. The van der Waals surface area contributed by atoms with E-state index < -0.39 is 0 Å². The quantitative estimate of drug-likeness (QED) is 0.633. The molecule has 2 rings (SSSR count). The third kappa shape index (κ3) is 2.72. The molecule has 1 heterocycles. The second kappa shape index (κ2) is 6.00. The highest BCUT2D eigenvalue weighted by molar-refractivity contribution is 5.47. The van der Waals surface area contributed by atoms with Crippen LogP contribution in [-0.2, 0) is 6.42 Å². The lowest BCUT2D eigenvalue weighted by atomic mass is 9.88. The molecule has 5 heteroatoms. The summed E-state index contributed by atoms with van der Waals surface area (Å²) in [5.74, 6) is 7.39. The number of aromatic nitrogens is 2. The molecule has 1 aliphatic carbocycles. The van der Waals surface area contributed by atoms with Gasteiger partial charge in [0.1, 0.15) is 18.2 Å². The van der Waals surface area contributed by atoms with Gasteiger partial charge in [-0.05, 0) is 31.6 Å². The highest BCUT2D eigenvalue weighted by atomic mass is 16.5. The summed E-state index contributed by atoms with van der Waals surface area (Å²) in [7, 11) is 0. The molecule has 100 valence electrons. The van der Waals surface area contributed by atoms with Crippen LogP contribution >= 0.6 is 0 Å². The normalized spacial score (nSPS) is 23.7. The van der Waals surface area contributed by atoms with Gasteiger partial charge in [-0.25, -0.2) is 15.8 Å². The van der Waals surface area contributed by atoms with E-state index in [9.17, 15) is 0 Å². The molecule has 0 spiro atoms. The van der Waals surface area contributed by atoms with E-state index >= 15 is 0 Å². The fourth-order valence-electron chi connectivity index (χ4n) is 2.54. The summed E-state index contributed by atoms with van der Waals surface area (Å²) in [6.45, 7) is 4.30. The number of anilines is 1. The van der Waals surface area contributed by atoms with Gasteiger partial charge in [-0.15, -0.1) is 0 Å². The van der Waals surface area contributed by atoms with Crippen LogP contribution in [0.25, 0.3) is 0 Å². The van der Waals surface area contributed by atoms with Crippen molar-refractivity contribution >= 4 is 5.82 Å². The first kappa shape index (κ1) is 13.1. The van der Waals surface area contributed by atoms with Crippen LogP contribution in [0, 0.1) is 5.92 Å².